The minimum Gasteiger partial charge on any atom is -0.346 e. The van der Waals surface area contributed by atoms with Gasteiger partial charge in [0.25, 0.3) is 0 Å². The summed E-state index contributed by atoms with van der Waals surface area (Å²) in [6, 6.07) is 11.0. The first kappa shape index (κ1) is 16.1. The molecule has 3 nitrogen and oxygen atoms in total. The Morgan fingerprint density at radius 2 is 1.76 bits per heavy atom. The van der Waals surface area contributed by atoms with Gasteiger partial charge in [-0.3, -0.25) is 4.98 Å². The maximum absolute atomic E-state index is 4.68. The van der Waals surface area contributed by atoms with Crippen molar-refractivity contribution in [2.45, 2.75) is 52.0 Å². The summed E-state index contributed by atoms with van der Waals surface area (Å²) < 4.78 is 2.55. The highest BCUT2D eigenvalue weighted by Gasteiger charge is 2.19. The van der Waals surface area contributed by atoms with E-state index in [0.29, 0.717) is 6.04 Å². The fraction of sp³-hybridized carbons (Fsp3) is 0.364. The lowest BCUT2D eigenvalue weighted by Gasteiger charge is -2.26. The van der Waals surface area contributed by atoms with E-state index in [2.05, 4.69) is 46.6 Å². The second-order valence-electron chi connectivity index (χ2n) is 7.11. The van der Waals surface area contributed by atoms with E-state index in [1.54, 1.807) is 0 Å². The zero-order valence-electron chi connectivity index (χ0n) is 15.1. The lowest BCUT2D eigenvalue weighted by Crippen LogP contribution is -2.15. The Morgan fingerprint density at radius 3 is 2.56 bits per heavy atom. The van der Waals surface area contributed by atoms with Gasteiger partial charge < -0.3 is 4.57 Å². The lowest BCUT2D eigenvalue weighted by molar-refractivity contribution is 0.346. The van der Waals surface area contributed by atoms with Crippen molar-refractivity contribution in [3.8, 4) is 0 Å². The number of hydrogen-bond acceptors (Lipinski definition) is 2. The summed E-state index contributed by atoms with van der Waals surface area (Å²) in [5.74, 6) is 0. The van der Waals surface area contributed by atoms with Crippen LogP contribution in [0.4, 0.5) is 0 Å². The SMILES string of the molecule is Cc1cc(C=Cc2cnc3ccccc3n2)c(C)n1C1CCCCC1. The number of nitrogens with zero attached hydrogens (tertiary/aromatic N) is 3. The van der Waals surface area contributed by atoms with Crippen molar-refractivity contribution >= 4 is 23.2 Å². The molecule has 0 atom stereocenters. The first-order chi connectivity index (χ1) is 12.2. The quantitative estimate of drug-likeness (QED) is 0.614. The van der Waals surface area contributed by atoms with Crippen LogP contribution in [0.2, 0.25) is 0 Å². The molecule has 0 saturated heterocycles. The Hall–Kier alpha value is -2.42. The largest absolute Gasteiger partial charge is 0.346 e. The number of aryl methyl sites for hydroxylation is 1. The molecule has 128 valence electrons. The van der Waals surface area contributed by atoms with Gasteiger partial charge in [-0.25, -0.2) is 4.98 Å². The molecule has 2 heterocycles. The van der Waals surface area contributed by atoms with Crippen LogP contribution in [0.25, 0.3) is 23.2 Å². The molecule has 3 aromatic rings. The standard InChI is InChI=1S/C22H25N3/c1-16-14-18(17(2)25(16)20-8-4-3-5-9-20)12-13-19-15-23-21-10-6-7-11-22(21)24-19/h6-7,10-15,20H,3-5,8-9H2,1-2H3. The van der Waals surface area contributed by atoms with Crippen LogP contribution in [0.1, 0.15) is 60.8 Å². The fourth-order valence-electron chi connectivity index (χ4n) is 4.10. The van der Waals surface area contributed by atoms with Crippen molar-refractivity contribution < 1.29 is 0 Å². The molecule has 2 aromatic heterocycles. The average molecular weight is 331 g/mol. The number of para-hydroxylation sites is 2. The zero-order chi connectivity index (χ0) is 17.2. The number of aromatic nitrogens is 3. The Balaban J connectivity index is 1.62. The first-order valence-corrected chi connectivity index (χ1v) is 9.30. The maximum atomic E-state index is 4.68. The molecule has 1 aromatic carbocycles. The molecule has 3 heteroatoms. The molecule has 0 unspecified atom stereocenters. The summed E-state index contributed by atoms with van der Waals surface area (Å²) in [5.41, 5.74) is 6.81. The Morgan fingerprint density at radius 1 is 1.00 bits per heavy atom. The topological polar surface area (TPSA) is 30.7 Å². The number of hydrogen-bond donors (Lipinski definition) is 0. The molecule has 1 saturated carbocycles. The molecule has 1 fully saturated rings. The Kier molecular flexibility index (Phi) is 4.39. The van der Waals surface area contributed by atoms with Crippen molar-refractivity contribution in [2.24, 2.45) is 0 Å². The summed E-state index contributed by atoms with van der Waals surface area (Å²) >= 11 is 0. The molecule has 25 heavy (non-hydrogen) atoms. The van der Waals surface area contributed by atoms with E-state index < -0.39 is 0 Å². The van der Waals surface area contributed by atoms with E-state index in [4.69, 9.17) is 0 Å². The first-order valence-electron chi connectivity index (χ1n) is 9.30. The average Bonchev–Trinajstić information content (AvgIpc) is 2.94. The summed E-state index contributed by atoms with van der Waals surface area (Å²) in [7, 11) is 0. The van der Waals surface area contributed by atoms with Gasteiger partial charge in [0, 0.05) is 17.4 Å². The van der Waals surface area contributed by atoms with Crippen LogP contribution in [0.5, 0.6) is 0 Å². The molecule has 0 spiro atoms. The van der Waals surface area contributed by atoms with Crippen molar-refractivity contribution in [3.63, 3.8) is 0 Å². The van der Waals surface area contributed by atoms with E-state index in [1.807, 2.05) is 30.5 Å². The monoisotopic (exact) mass is 331 g/mol. The maximum Gasteiger partial charge on any atom is 0.0894 e. The van der Waals surface area contributed by atoms with Crippen LogP contribution < -0.4 is 0 Å². The molecule has 0 radical (unpaired) electrons. The summed E-state index contributed by atoms with van der Waals surface area (Å²) in [6.07, 6.45) is 12.8. The number of rotatable bonds is 3. The van der Waals surface area contributed by atoms with Gasteiger partial charge in [-0.1, -0.05) is 37.5 Å². The van der Waals surface area contributed by atoms with Gasteiger partial charge in [-0.15, -0.1) is 0 Å². The molecular formula is C22H25N3. The van der Waals surface area contributed by atoms with E-state index in [9.17, 15) is 0 Å². The summed E-state index contributed by atoms with van der Waals surface area (Å²) in [6.45, 7) is 4.47. The molecule has 1 aliphatic rings. The van der Waals surface area contributed by atoms with Crippen LogP contribution in [-0.2, 0) is 0 Å². The van der Waals surface area contributed by atoms with Crippen molar-refractivity contribution in [3.05, 3.63) is 59.2 Å². The van der Waals surface area contributed by atoms with Gasteiger partial charge in [-0.2, -0.15) is 0 Å². The highest BCUT2D eigenvalue weighted by molar-refractivity contribution is 5.77. The minimum atomic E-state index is 0.677. The second-order valence-corrected chi connectivity index (χ2v) is 7.11. The summed E-state index contributed by atoms with van der Waals surface area (Å²) in [5, 5.41) is 0. The van der Waals surface area contributed by atoms with Crippen LogP contribution >= 0.6 is 0 Å². The van der Waals surface area contributed by atoms with Crippen molar-refractivity contribution in [1.82, 2.24) is 14.5 Å². The highest BCUT2D eigenvalue weighted by Crippen LogP contribution is 2.32. The third-order valence-electron chi connectivity index (χ3n) is 5.36. The van der Waals surface area contributed by atoms with Crippen LogP contribution in [0.3, 0.4) is 0 Å². The van der Waals surface area contributed by atoms with Gasteiger partial charge in [0.1, 0.15) is 0 Å². The van der Waals surface area contributed by atoms with Gasteiger partial charge in [-0.05, 0) is 56.5 Å². The molecule has 0 amide bonds. The molecule has 0 bridgehead atoms. The molecular weight excluding hydrogens is 306 g/mol. The molecule has 4 rings (SSSR count). The van der Waals surface area contributed by atoms with Crippen molar-refractivity contribution in [1.29, 1.82) is 0 Å². The molecule has 1 aliphatic carbocycles. The van der Waals surface area contributed by atoms with E-state index >= 15 is 0 Å². The minimum absolute atomic E-state index is 0.677. The summed E-state index contributed by atoms with van der Waals surface area (Å²) in [4.78, 5) is 9.18. The number of fused-ring (bicyclic) bond motifs is 1. The third-order valence-corrected chi connectivity index (χ3v) is 5.36. The van der Waals surface area contributed by atoms with Gasteiger partial charge in [0.05, 0.1) is 22.9 Å². The predicted molar refractivity (Wildman–Crippen MR) is 104 cm³/mol. The van der Waals surface area contributed by atoms with Gasteiger partial charge >= 0.3 is 0 Å². The van der Waals surface area contributed by atoms with Crippen molar-refractivity contribution in [2.75, 3.05) is 0 Å². The zero-order valence-corrected chi connectivity index (χ0v) is 15.1. The normalized spacial score (nSPS) is 16.1. The van der Waals surface area contributed by atoms with Crippen LogP contribution in [0.15, 0.2) is 36.5 Å². The fourth-order valence-corrected chi connectivity index (χ4v) is 4.10. The van der Waals surface area contributed by atoms with Crippen LogP contribution in [-0.4, -0.2) is 14.5 Å². The second kappa shape index (κ2) is 6.83. The highest BCUT2D eigenvalue weighted by atomic mass is 15.0. The van der Waals surface area contributed by atoms with Crippen LogP contribution in [0, 0.1) is 13.8 Å². The van der Waals surface area contributed by atoms with E-state index in [0.717, 1.165) is 16.7 Å². The Labute approximate surface area is 149 Å². The predicted octanol–water partition coefficient (Wildman–Crippen LogP) is 5.72. The third kappa shape index (κ3) is 3.23. The van der Waals surface area contributed by atoms with E-state index in [-0.39, 0.29) is 0 Å². The van der Waals surface area contributed by atoms with Gasteiger partial charge in [0.2, 0.25) is 0 Å². The number of benzene rings is 1. The molecule has 0 aliphatic heterocycles. The Bertz CT molecular complexity index is 914. The van der Waals surface area contributed by atoms with E-state index in [1.165, 1.54) is 49.1 Å². The molecule has 0 N–H and O–H groups in total. The smallest absolute Gasteiger partial charge is 0.0894 e. The van der Waals surface area contributed by atoms with Gasteiger partial charge in [0.15, 0.2) is 0 Å². The lowest BCUT2D eigenvalue weighted by atomic mass is 9.95.